The van der Waals surface area contributed by atoms with Gasteiger partial charge in [0.05, 0.1) is 11.5 Å². The van der Waals surface area contributed by atoms with Crippen LogP contribution in [-0.4, -0.2) is 45.1 Å². The molecule has 1 heterocycles. The molecule has 112 valence electrons. The van der Waals surface area contributed by atoms with Crippen molar-refractivity contribution in [3.63, 3.8) is 0 Å². The van der Waals surface area contributed by atoms with Gasteiger partial charge in [0.15, 0.2) is 0 Å². The maximum absolute atomic E-state index is 12.3. The Bertz CT molecular complexity index is 577. The normalized spacial score (nSPS) is 20.4. The van der Waals surface area contributed by atoms with E-state index in [1.807, 2.05) is 7.05 Å². The zero-order valence-corrected chi connectivity index (χ0v) is 13.7. The van der Waals surface area contributed by atoms with E-state index in [2.05, 4.69) is 25.6 Å². The fourth-order valence-corrected chi connectivity index (χ4v) is 4.60. The molecule has 0 spiro atoms. The summed E-state index contributed by atoms with van der Waals surface area (Å²) in [5.74, 6) is 0.366. The molecule has 1 aromatic rings. The number of sulfonamides is 1. The monoisotopic (exact) mass is 362 g/mol. The first-order chi connectivity index (χ1) is 9.42. The van der Waals surface area contributed by atoms with Crippen molar-refractivity contribution in [2.24, 2.45) is 5.92 Å². The minimum atomic E-state index is -3.52. The second kappa shape index (κ2) is 6.53. The minimum absolute atomic E-state index is 0.110. The van der Waals surface area contributed by atoms with E-state index in [4.69, 9.17) is 5.11 Å². The van der Waals surface area contributed by atoms with Crippen molar-refractivity contribution < 1.29 is 13.5 Å². The van der Waals surface area contributed by atoms with Gasteiger partial charge in [0.25, 0.3) is 0 Å². The molecule has 2 rings (SSSR count). The summed E-state index contributed by atoms with van der Waals surface area (Å²) in [5.41, 5.74) is 0.674. The Kier molecular flexibility index (Phi) is 5.19. The van der Waals surface area contributed by atoms with E-state index >= 15 is 0 Å². The predicted octanol–water partition coefficient (Wildman–Crippen LogP) is 1.17. The molecule has 0 aromatic heterocycles. The van der Waals surface area contributed by atoms with Crippen molar-refractivity contribution in [3.05, 3.63) is 28.2 Å². The smallest absolute Gasteiger partial charge is 0.241 e. The van der Waals surface area contributed by atoms with Gasteiger partial charge in [0.2, 0.25) is 10.0 Å². The molecule has 1 atom stereocenters. The average Bonchev–Trinajstić information content (AvgIpc) is 2.82. The van der Waals surface area contributed by atoms with Crippen LogP contribution in [0.2, 0.25) is 0 Å². The van der Waals surface area contributed by atoms with Crippen molar-refractivity contribution in [2.45, 2.75) is 17.9 Å². The van der Waals surface area contributed by atoms with Crippen LogP contribution >= 0.6 is 15.9 Å². The zero-order chi connectivity index (χ0) is 14.8. The Morgan fingerprint density at radius 2 is 2.25 bits per heavy atom. The molecular weight excluding hydrogens is 344 g/mol. The third-order valence-electron chi connectivity index (χ3n) is 3.52. The third kappa shape index (κ3) is 3.79. The summed E-state index contributed by atoms with van der Waals surface area (Å²) < 4.78 is 27.7. The summed E-state index contributed by atoms with van der Waals surface area (Å²) in [4.78, 5) is 2.41. The van der Waals surface area contributed by atoms with Crippen LogP contribution in [0.4, 0.5) is 0 Å². The number of hydrogen-bond acceptors (Lipinski definition) is 4. The van der Waals surface area contributed by atoms with Crippen molar-refractivity contribution in [1.82, 2.24) is 9.62 Å². The molecule has 0 aliphatic carbocycles. The van der Waals surface area contributed by atoms with Gasteiger partial charge >= 0.3 is 0 Å². The Hall–Kier alpha value is -0.470. The first-order valence-corrected chi connectivity index (χ1v) is 8.77. The summed E-state index contributed by atoms with van der Waals surface area (Å²) in [6.07, 6.45) is 1.02. The van der Waals surface area contributed by atoms with Gasteiger partial charge in [-0.2, -0.15) is 0 Å². The number of benzene rings is 1. The molecule has 1 unspecified atom stereocenters. The topological polar surface area (TPSA) is 69.6 Å². The molecular formula is C13H19BrN2O3S. The SMILES string of the molecule is CN1CCC(CNS(=O)(=O)c2ccc(CO)cc2Br)C1. The fourth-order valence-electron chi connectivity index (χ4n) is 2.36. The van der Waals surface area contributed by atoms with Gasteiger partial charge in [-0.25, -0.2) is 13.1 Å². The van der Waals surface area contributed by atoms with Crippen LogP contribution in [0.3, 0.4) is 0 Å². The highest BCUT2D eigenvalue weighted by Gasteiger charge is 2.23. The average molecular weight is 363 g/mol. The van der Waals surface area contributed by atoms with Crippen molar-refractivity contribution in [3.8, 4) is 0 Å². The molecule has 0 amide bonds. The van der Waals surface area contributed by atoms with Crippen LogP contribution in [0.25, 0.3) is 0 Å². The van der Waals surface area contributed by atoms with Crippen molar-refractivity contribution in [1.29, 1.82) is 0 Å². The molecule has 7 heteroatoms. The number of nitrogens with zero attached hydrogens (tertiary/aromatic N) is 1. The van der Waals surface area contributed by atoms with Crippen LogP contribution < -0.4 is 4.72 Å². The van der Waals surface area contributed by atoms with Gasteiger partial charge in [-0.1, -0.05) is 6.07 Å². The summed E-state index contributed by atoms with van der Waals surface area (Å²) in [6, 6.07) is 4.75. The van der Waals surface area contributed by atoms with Crippen LogP contribution in [0.15, 0.2) is 27.6 Å². The number of hydrogen-bond donors (Lipinski definition) is 2. The second-order valence-electron chi connectivity index (χ2n) is 5.19. The molecule has 20 heavy (non-hydrogen) atoms. The molecule has 2 N–H and O–H groups in total. The lowest BCUT2D eigenvalue weighted by molar-refractivity contribution is 0.281. The number of halogens is 1. The molecule has 0 radical (unpaired) electrons. The van der Waals surface area contributed by atoms with Gasteiger partial charge in [0.1, 0.15) is 0 Å². The maximum atomic E-state index is 12.3. The molecule has 0 bridgehead atoms. The largest absolute Gasteiger partial charge is 0.392 e. The number of aliphatic hydroxyl groups excluding tert-OH is 1. The second-order valence-corrected chi connectivity index (χ2v) is 7.78. The zero-order valence-electron chi connectivity index (χ0n) is 11.3. The highest BCUT2D eigenvalue weighted by Crippen LogP contribution is 2.23. The van der Waals surface area contributed by atoms with Gasteiger partial charge in [-0.05, 0) is 59.6 Å². The van der Waals surface area contributed by atoms with Gasteiger partial charge in [-0.15, -0.1) is 0 Å². The first kappa shape index (κ1) is 15.9. The first-order valence-electron chi connectivity index (χ1n) is 6.50. The van der Waals surface area contributed by atoms with Crippen LogP contribution in [0.1, 0.15) is 12.0 Å². The quantitative estimate of drug-likeness (QED) is 0.824. The van der Waals surface area contributed by atoms with Crippen LogP contribution in [0.5, 0.6) is 0 Å². The van der Waals surface area contributed by atoms with Crippen molar-refractivity contribution in [2.75, 3.05) is 26.7 Å². The molecule has 1 saturated heterocycles. The van der Waals surface area contributed by atoms with Crippen molar-refractivity contribution >= 4 is 26.0 Å². The van der Waals surface area contributed by atoms with Gasteiger partial charge in [0, 0.05) is 17.6 Å². The summed E-state index contributed by atoms with van der Waals surface area (Å²) in [5, 5.41) is 9.04. The van der Waals surface area contributed by atoms with Crippen LogP contribution in [-0.2, 0) is 16.6 Å². The number of nitrogens with one attached hydrogen (secondary N) is 1. The van der Waals surface area contributed by atoms with E-state index < -0.39 is 10.0 Å². The molecule has 0 saturated carbocycles. The molecule has 1 fully saturated rings. The Balaban J connectivity index is 2.06. The maximum Gasteiger partial charge on any atom is 0.241 e. The van der Waals surface area contributed by atoms with E-state index in [1.54, 1.807) is 12.1 Å². The Morgan fingerprint density at radius 1 is 1.50 bits per heavy atom. The lowest BCUT2D eigenvalue weighted by atomic mass is 10.1. The Labute approximate surface area is 128 Å². The number of rotatable bonds is 5. The lowest BCUT2D eigenvalue weighted by Crippen LogP contribution is -2.30. The summed E-state index contributed by atoms with van der Waals surface area (Å²) >= 11 is 3.25. The Morgan fingerprint density at radius 3 is 2.80 bits per heavy atom. The predicted molar refractivity (Wildman–Crippen MR) is 80.9 cm³/mol. The van der Waals surface area contributed by atoms with E-state index in [-0.39, 0.29) is 11.5 Å². The van der Waals surface area contributed by atoms with Gasteiger partial charge < -0.3 is 10.0 Å². The molecule has 5 nitrogen and oxygen atoms in total. The highest BCUT2D eigenvalue weighted by atomic mass is 79.9. The third-order valence-corrected chi connectivity index (χ3v) is 5.92. The van der Waals surface area contributed by atoms with E-state index in [9.17, 15) is 8.42 Å². The molecule has 1 aliphatic rings. The number of likely N-dealkylation sites (tertiary alicyclic amines) is 1. The number of aliphatic hydroxyl groups is 1. The molecule has 1 aliphatic heterocycles. The van der Waals surface area contributed by atoms with E-state index in [1.165, 1.54) is 6.07 Å². The summed E-state index contributed by atoms with van der Waals surface area (Å²) in [7, 11) is -1.48. The lowest BCUT2D eigenvalue weighted by Gasteiger charge is -2.13. The standard InChI is InChI=1S/C13H19BrN2O3S/c1-16-5-4-11(8-16)7-15-20(18,19)13-3-2-10(9-17)6-12(13)14/h2-3,6,11,15,17H,4-5,7-9H2,1H3. The summed E-state index contributed by atoms with van der Waals surface area (Å²) in [6.45, 7) is 2.29. The van der Waals surface area contributed by atoms with E-state index in [0.717, 1.165) is 19.5 Å². The van der Waals surface area contributed by atoms with E-state index in [0.29, 0.717) is 22.5 Å². The fraction of sp³-hybridized carbons (Fsp3) is 0.538. The van der Waals surface area contributed by atoms with Crippen LogP contribution in [0, 0.1) is 5.92 Å². The minimum Gasteiger partial charge on any atom is -0.392 e. The highest BCUT2D eigenvalue weighted by molar-refractivity contribution is 9.10. The molecule has 1 aromatic carbocycles. The van der Waals surface area contributed by atoms with Gasteiger partial charge in [-0.3, -0.25) is 0 Å².